The van der Waals surface area contributed by atoms with Gasteiger partial charge in [0.1, 0.15) is 0 Å². The fraction of sp³-hybridized carbons (Fsp3) is 1.00. The van der Waals surface area contributed by atoms with Crippen molar-refractivity contribution in [2.24, 2.45) is 11.8 Å². The van der Waals surface area contributed by atoms with Gasteiger partial charge in [0, 0.05) is 26.2 Å². The second kappa shape index (κ2) is 3.97. The van der Waals surface area contributed by atoms with E-state index in [2.05, 4.69) is 18.7 Å². The molecule has 2 nitrogen and oxygen atoms in total. The molecule has 2 fully saturated rings. The lowest BCUT2D eigenvalue weighted by Crippen LogP contribution is -2.30. The summed E-state index contributed by atoms with van der Waals surface area (Å²) in [5.74, 6) is 1.75. The van der Waals surface area contributed by atoms with E-state index in [1.54, 1.807) is 0 Å². The Morgan fingerprint density at radius 3 is 2.46 bits per heavy atom. The smallest absolute Gasteiger partial charge is 0.0702 e. The highest BCUT2D eigenvalue weighted by atomic mass is 16.5. The molecule has 76 valence electrons. The lowest BCUT2D eigenvalue weighted by molar-refractivity contribution is 0.0792. The molecule has 2 unspecified atom stereocenters. The first-order chi connectivity index (χ1) is 6.25. The third kappa shape index (κ3) is 2.23. The summed E-state index contributed by atoms with van der Waals surface area (Å²) in [4.78, 5) is 2.57. The van der Waals surface area contributed by atoms with Crippen LogP contribution in [-0.2, 0) is 4.74 Å². The molecule has 0 saturated carbocycles. The fourth-order valence-electron chi connectivity index (χ4n) is 2.47. The van der Waals surface area contributed by atoms with Gasteiger partial charge < -0.3 is 9.64 Å². The van der Waals surface area contributed by atoms with Crippen molar-refractivity contribution in [1.29, 1.82) is 0 Å². The third-order valence-electron chi connectivity index (χ3n) is 3.55. The Bertz CT molecular complexity index is 155. The molecule has 3 atom stereocenters. The normalized spacial score (nSPS) is 41.5. The maximum atomic E-state index is 5.64. The van der Waals surface area contributed by atoms with Crippen LogP contribution in [0.5, 0.6) is 0 Å². The Morgan fingerprint density at radius 1 is 1.23 bits per heavy atom. The fourth-order valence-corrected chi connectivity index (χ4v) is 2.47. The molecule has 0 aliphatic carbocycles. The van der Waals surface area contributed by atoms with Gasteiger partial charge in [0.15, 0.2) is 0 Å². The van der Waals surface area contributed by atoms with Crippen molar-refractivity contribution in [2.45, 2.75) is 32.8 Å². The average Bonchev–Trinajstić information content (AvgIpc) is 2.64. The quantitative estimate of drug-likeness (QED) is 0.646. The van der Waals surface area contributed by atoms with Crippen molar-refractivity contribution in [3.8, 4) is 0 Å². The van der Waals surface area contributed by atoms with Crippen LogP contribution in [0.4, 0.5) is 0 Å². The molecule has 0 radical (unpaired) electrons. The molecule has 2 heteroatoms. The van der Waals surface area contributed by atoms with Gasteiger partial charge in [0.05, 0.1) is 6.10 Å². The van der Waals surface area contributed by atoms with E-state index < -0.39 is 0 Å². The molecule has 0 N–H and O–H groups in total. The van der Waals surface area contributed by atoms with Gasteiger partial charge in [-0.3, -0.25) is 0 Å². The second-order valence-corrected chi connectivity index (χ2v) is 4.81. The number of hydrogen-bond acceptors (Lipinski definition) is 2. The van der Waals surface area contributed by atoms with Crippen LogP contribution in [0.3, 0.4) is 0 Å². The predicted octanol–water partition coefficient (Wildman–Crippen LogP) is 1.75. The number of ether oxygens (including phenoxy) is 1. The molecule has 2 rings (SSSR count). The van der Waals surface area contributed by atoms with Crippen LogP contribution < -0.4 is 0 Å². The molecule has 0 aromatic rings. The largest absolute Gasteiger partial charge is 0.377 e. The van der Waals surface area contributed by atoms with Crippen molar-refractivity contribution >= 4 is 0 Å². The second-order valence-electron chi connectivity index (χ2n) is 4.81. The van der Waals surface area contributed by atoms with Crippen LogP contribution in [0, 0.1) is 11.8 Å². The molecule has 2 saturated heterocycles. The van der Waals surface area contributed by atoms with Crippen LogP contribution in [0.2, 0.25) is 0 Å². The van der Waals surface area contributed by atoms with Gasteiger partial charge in [0.2, 0.25) is 0 Å². The Balaban J connectivity index is 1.76. The number of rotatable bonds is 2. The third-order valence-corrected chi connectivity index (χ3v) is 3.55. The first-order valence-corrected chi connectivity index (χ1v) is 5.59. The molecule has 13 heavy (non-hydrogen) atoms. The van der Waals surface area contributed by atoms with Crippen molar-refractivity contribution in [3.05, 3.63) is 0 Å². The van der Waals surface area contributed by atoms with E-state index >= 15 is 0 Å². The minimum Gasteiger partial charge on any atom is -0.377 e. The molecule has 0 aromatic carbocycles. The van der Waals surface area contributed by atoms with Crippen LogP contribution >= 0.6 is 0 Å². The molecule has 2 aliphatic heterocycles. The van der Waals surface area contributed by atoms with Gasteiger partial charge >= 0.3 is 0 Å². The highest BCUT2D eigenvalue weighted by molar-refractivity contribution is 4.81. The lowest BCUT2D eigenvalue weighted by Gasteiger charge is -2.19. The van der Waals surface area contributed by atoms with Crippen LogP contribution in [-0.4, -0.2) is 37.2 Å². The van der Waals surface area contributed by atoms with Crippen molar-refractivity contribution < 1.29 is 4.74 Å². The summed E-state index contributed by atoms with van der Waals surface area (Å²) >= 11 is 0. The van der Waals surface area contributed by atoms with E-state index in [1.165, 1.54) is 32.5 Å². The molecular formula is C11H21NO. The van der Waals surface area contributed by atoms with Crippen molar-refractivity contribution in [3.63, 3.8) is 0 Å². The van der Waals surface area contributed by atoms with Crippen LogP contribution in [0.1, 0.15) is 26.7 Å². The summed E-state index contributed by atoms with van der Waals surface area (Å²) in [5.41, 5.74) is 0. The Hall–Kier alpha value is -0.0800. The van der Waals surface area contributed by atoms with Crippen LogP contribution in [0.25, 0.3) is 0 Å². The van der Waals surface area contributed by atoms with Gasteiger partial charge in [-0.05, 0) is 24.7 Å². The zero-order valence-corrected chi connectivity index (χ0v) is 8.83. The Labute approximate surface area is 81.3 Å². The van der Waals surface area contributed by atoms with E-state index in [0.717, 1.165) is 18.4 Å². The number of nitrogens with zero attached hydrogens (tertiary/aromatic N) is 1. The Morgan fingerprint density at radius 2 is 1.92 bits per heavy atom. The zero-order valence-electron chi connectivity index (χ0n) is 8.83. The summed E-state index contributed by atoms with van der Waals surface area (Å²) < 4.78 is 5.64. The summed E-state index contributed by atoms with van der Waals surface area (Å²) in [7, 11) is 0. The average molecular weight is 183 g/mol. The van der Waals surface area contributed by atoms with Gasteiger partial charge in [-0.2, -0.15) is 0 Å². The molecule has 0 aromatic heterocycles. The minimum absolute atomic E-state index is 0.539. The Kier molecular flexibility index (Phi) is 2.89. The molecular weight excluding hydrogens is 162 g/mol. The number of likely N-dealkylation sites (tertiary alicyclic amines) is 1. The zero-order chi connectivity index (χ0) is 9.26. The van der Waals surface area contributed by atoms with Gasteiger partial charge in [-0.1, -0.05) is 13.8 Å². The molecule has 0 bridgehead atoms. The minimum atomic E-state index is 0.539. The van der Waals surface area contributed by atoms with E-state index in [0.29, 0.717) is 6.10 Å². The summed E-state index contributed by atoms with van der Waals surface area (Å²) in [6, 6.07) is 0. The molecule has 0 amide bonds. The summed E-state index contributed by atoms with van der Waals surface area (Å²) in [6.45, 7) is 9.45. The summed E-state index contributed by atoms with van der Waals surface area (Å²) in [6.07, 6.45) is 3.08. The first kappa shape index (κ1) is 9.47. The van der Waals surface area contributed by atoms with Crippen molar-refractivity contribution in [1.82, 2.24) is 4.90 Å². The van der Waals surface area contributed by atoms with Crippen molar-refractivity contribution in [2.75, 3.05) is 26.2 Å². The van der Waals surface area contributed by atoms with Gasteiger partial charge in [0.25, 0.3) is 0 Å². The topological polar surface area (TPSA) is 12.5 Å². The van der Waals surface area contributed by atoms with E-state index in [1.807, 2.05) is 0 Å². The number of hydrogen-bond donors (Lipinski definition) is 0. The monoisotopic (exact) mass is 183 g/mol. The summed E-state index contributed by atoms with van der Waals surface area (Å²) in [5, 5.41) is 0. The van der Waals surface area contributed by atoms with Gasteiger partial charge in [-0.25, -0.2) is 0 Å². The SMILES string of the molecule is CC1CN(C[C@H]2CCCO2)CC1C. The van der Waals surface area contributed by atoms with Gasteiger partial charge in [-0.15, -0.1) is 0 Å². The predicted molar refractivity (Wildman–Crippen MR) is 53.7 cm³/mol. The van der Waals surface area contributed by atoms with Crippen LogP contribution in [0.15, 0.2) is 0 Å². The molecule has 2 heterocycles. The standard InChI is InChI=1S/C11H21NO/c1-9-6-12(7-10(9)2)8-11-4-3-5-13-11/h9-11H,3-8H2,1-2H3/t9?,10?,11-/m1/s1. The molecule has 0 spiro atoms. The highest BCUT2D eigenvalue weighted by Gasteiger charge is 2.28. The maximum Gasteiger partial charge on any atom is 0.0702 e. The van der Waals surface area contributed by atoms with E-state index in [9.17, 15) is 0 Å². The lowest BCUT2D eigenvalue weighted by atomic mass is 10.0. The maximum absolute atomic E-state index is 5.64. The molecule has 2 aliphatic rings. The highest BCUT2D eigenvalue weighted by Crippen LogP contribution is 2.23. The first-order valence-electron chi connectivity index (χ1n) is 5.59. The van der Waals surface area contributed by atoms with E-state index in [4.69, 9.17) is 4.74 Å². The van der Waals surface area contributed by atoms with E-state index in [-0.39, 0.29) is 0 Å².